The molecule has 2 heterocycles. The predicted octanol–water partition coefficient (Wildman–Crippen LogP) is 4.35. The number of hydrogen-bond donors (Lipinski definition) is 0. The molecule has 6 heteroatoms. The Morgan fingerprint density at radius 1 is 1.08 bits per heavy atom. The summed E-state index contributed by atoms with van der Waals surface area (Å²) in [5.74, 6) is 0.495. The summed E-state index contributed by atoms with van der Waals surface area (Å²) in [5, 5.41) is 0.905. The second-order valence-corrected chi connectivity index (χ2v) is 5.30. The van der Waals surface area contributed by atoms with Crippen LogP contribution in [0.3, 0.4) is 0 Å². The molecule has 4 rings (SSSR count). The Hall–Kier alpha value is -3.41. The summed E-state index contributed by atoms with van der Waals surface area (Å²) in [6, 6.07) is 14.3. The molecule has 0 unspecified atom stereocenters. The minimum atomic E-state index is -0.365. The van der Waals surface area contributed by atoms with Gasteiger partial charge in [0, 0.05) is 5.39 Å². The van der Waals surface area contributed by atoms with Gasteiger partial charge in [0.25, 0.3) is 5.88 Å². The van der Waals surface area contributed by atoms with Gasteiger partial charge in [-0.25, -0.2) is 9.78 Å². The molecule has 0 fully saturated rings. The molecule has 0 aliphatic rings. The van der Waals surface area contributed by atoms with Crippen LogP contribution in [0, 0.1) is 0 Å². The van der Waals surface area contributed by atoms with Crippen LogP contribution in [0.2, 0.25) is 0 Å². The lowest BCUT2D eigenvalue weighted by molar-refractivity contribution is 0.0526. The lowest BCUT2D eigenvalue weighted by atomic mass is 10.2. The van der Waals surface area contributed by atoms with Crippen molar-refractivity contribution in [2.45, 2.75) is 6.92 Å². The van der Waals surface area contributed by atoms with E-state index in [0.29, 0.717) is 34.9 Å². The van der Waals surface area contributed by atoms with Crippen molar-refractivity contribution < 1.29 is 18.7 Å². The zero-order chi connectivity index (χ0) is 17.2. The third-order valence-electron chi connectivity index (χ3n) is 3.71. The Kier molecular flexibility index (Phi) is 3.78. The average Bonchev–Trinajstić information content (AvgIpc) is 3.02. The number of aromatic nitrogens is 2. The van der Waals surface area contributed by atoms with Gasteiger partial charge in [0.2, 0.25) is 5.58 Å². The van der Waals surface area contributed by atoms with Crippen molar-refractivity contribution in [3.8, 4) is 11.6 Å². The number of carbonyl (C=O) groups is 1. The van der Waals surface area contributed by atoms with Crippen LogP contribution in [0.25, 0.3) is 22.1 Å². The first-order valence-corrected chi connectivity index (χ1v) is 7.83. The van der Waals surface area contributed by atoms with Crippen molar-refractivity contribution in [2.75, 3.05) is 6.61 Å². The Labute approximate surface area is 143 Å². The van der Waals surface area contributed by atoms with Gasteiger partial charge in [0.15, 0.2) is 0 Å². The summed E-state index contributed by atoms with van der Waals surface area (Å²) in [5.41, 5.74) is 2.37. The van der Waals surface area contributed by atoms with E-state index in [2.05, 4.69) is 9.97 Å². The maximum absolute atomic E-state index is 11.7. The minimum Gasteiger partial charge on any atom is -0.462 e. The monoisotopic (exact) mass is 334 g/mol. The van der Waals surface area contributed by atoms with Crippen LogP contribution >= 0.6 is 0 Å². The lowest BCUT2D eigenvalue weighted by Gasteiger charge is -2.06. The predicted molar refractivity (Wildman–Crippen MR) is 91.8 cm³/mol. The standard InChI is InChI=1S/C19H14N2O4/c1-2-23-19(22)12-7-9-13(10-8-12)24-18-17-16(20-11-21-18)14-5-3-4-6-15(14)25-17/h3-11H,2H2,1H3. The third kappa shape index (κ3) is 2.78. The normalized spacial score (nSPS) is 10.9. The molecule has 4 aromatic rings. The van der Waals surface area contributed by atoms with E-state index in [-0.39, 0.29) is 5.97 Å². The second kappa shape index (κ2) is 6.24. The van der Waals surface area contributed by atoms with E-state index in [0.717, 1.165) is 11.0 Å². The van der Waals surface area contributed by atoms with Crippen LogP contribution in [0.5, 0.6) is 11.6 Å². The molecule has 0 N–H and O–H groups in total. The van der Waals surface area contributed by atoms with E-state index in [4.69, 9.17) is 13.9 Å². The van der Waals surface area contributed by atoms with Crippen LogP contribution in [0.1, 0.15) is 17.3 Å². The molecular weight excluding hydrogens is 320 g/mol. The molecule has 0 saturated heterocycles. The van der Waals surface area contributed by atoms with E-state index in [1.165, 1.54) is 6.33 Å². The van der Waals surface area contributed by atoms with Gasteiger partial charge < -0.3 is 13.9 Å². The Morgan fingerprint density at radius 2 is 1.88 bits per heavy atom. The van der Waals surface area contributed by atoms with Gasteiger partial charge >= 0.3 is 5.97 Å². The van der Waals surface area contributed by atoms with Crippen molar-refractivity contribution in [1.82, 2.24) is 9.97 Å². The van der Waals surface area contributed by atoms with Gasteiger partial charge in [0.1, 0.15) is 23.2 Å². The number of carbonyl (C=O) groups excluding carboxylic acids is 1. The van der Waals surface area contributed by atoms with Gasteiger partial charge in [-0.05, 0) is 43.3 Å². The third-order valence-corrected chi connectivity index (χ3v) is 3.71. The number of furan rings is 1. The summed E-state index contributed by atoms with van der Waals surface area (Å²) in [4.78, 5) is 20.1. The number of hydrogen-bond acceptors (Lipinski definition) is 6. The van der Waals surface area contributed by atoms with E-state index in [9.17, 15) is 4.79 Å². The molecule has 0 spiro atoms. The minimum absolute atomic E-state index is 0.324. The fourth-order valence-electron chi connectivity index (χ4n) is 2.56. The maximum atomic E-state index is 11.7. The second-order valence-electron chi connectivity index (χ2n) is 5.30. The van der Waals surface area contributed by atoms with Crippen molar-refractivity contribution in [3.05, 3.63) is 60.4 Å². The molecule has 124 valence electrons. The number of para-hydroxylation sites is 1. The molecule has 2 aromatic carbocycles. The van der Waals surface area contributed by atoms with Gasteiger partial charge in [0.05, 0.1) is 12.2 Å². The van der Waals surface area contributed by atoms with E-state index >= 15 is 0 Å². The number of fused-ring (bicyclic) bond motifs is 3. The number of rotatable bonds is 4. The molecule has 0 bridgehead atoms. The molecule has 2 aromatic heterocycles. The van der Waals surface area contributed by atoms with E-state index in [1.807, 2.05) is 24.3 Å². The van der Waals surface area contributed by atoms with Crippen molar-refractivity contribution in [2.24, 2.45) is 0 Å². The Balaban J connectivity index is 1.68. The summed E-state index contributed by atoms with van der Waals surface area (Å²) in [6.45, 7) is 2.10. The Morgan fingerprint density at radius 3 is 2.68 bits per heavy atom. The van der Waals surface area contributed by atoms with Crippen LogP contribution in [0.4, 0.5) is 0 Å². The molecule has 0 saturated carbocycles. The van der Waals surface area contributed by atoms with Crippen LogP contribution in [-0.2, 0) is 4.74 Å². The summed E-state index contributed by atoms with van der Waals surface area (Å²) < 4.78 is 16.6. The lowest BCUT2D eigenvalue weighted by Crippen LogP contribution is -2.04. The van der Waals surface area contributed by atoms with Crippen molar-refractivity contribution in [3.63, 3.8) is 0 Å². The quantitative estimate of drug-likeness (QED) is 0.517. The van der Waals surface area contributed by atoms with Gasteiger partial charge in [-0.15, -0.1) is 0 Å². The molecule has 6 nitrogen and oxygen atoms in total. The zero-order valence-electron chi connectivity index (χ0n) is 13.4. The largest absolute Gasteiger partial charge is 0.462 e. The maximum Gasteiger partial charge on any atom is 0.338 e. The Bertz CT molecular complexity index is 1050. The summed E-state index contributed by atoms with van der Waals surface area (Å²) in [7, 11) is 0. The van der Waals surface area contributed by atoms with E-state index < -0.39 is 0 Å². The average molecular weight is 334 g/mol. The molecule has 0 aliphatic heterocycles. The number of esters is 1. The smallest absolute Gasteiger partial charge is 0.338 e. The van der Waals surface area contributed by atoms with Crippen molar-refractivity contribution >= 4 is 28.0 Å². The first kappa shape index (κ1) is 15.1. The number of nitrogens with zero attached hydrogens (tertiary/aromatic N) is 2. The fourth-order valence-corrected chi connectivity index (χ4v) is 2.56. The first-order chi connectivity index (χ1) is 12.3. The van der Waals surface area contributed by atoms with Gasteiger partial charge in [-0.1, -0.05) is 12.1 Å². The topological polar surface area (TPSA) is 74.5 Å². The molecule has 0 atom stereocenters. The zero-order valence-corrected chi connectivity index (χ0v) is 13.4. The highest BCUT2D eigenvalue weighted by atomic mass is 16.5. The van der Waals surface area contributed by atoms with Gasteiger partial charge in [-0.2, -0.15) is 4.98 Å². The molecule has 0 aliphatic carbocycles. The van der Waals surface area contributed by atoms with Crippen molar-refractivity contribution in [1.29, 1.82) is 0 Å². The summed E-state index contributed by atoms with van der Waals surface area (Å²) >= 11 is 0. The van der Waals surface area contributed by atoms with E-state index in [1.54, 1.807) is 31.2 Å². The van der Waals surface area contributed by atoms with Crippen LogP contribution in [-0.4, -0.2) is 22.5 Å². The molecular formula is C19H14N2O4. The number of benzene rings is 2. The summed E-state index contributed by atoms with van der Waals surface area (Å²) in [6.07, 6.45) is 1.44. The van der Waals surface area contributed by atoms with Crippen LogP contribution < -0.4 is 4.74 Å². The SMILES string of the molecule is CCOC(=O)c1ccc(Oc2ncnc3c2oc2ccccc23)cc1. The van der Waals surface area contributed by atoms with Crippen LogP contribution in [0.15, 0.2) is 59.3 Å². The number of ether oxygens (including phenoxy) is 2. The highest BCUT2D eigenvalue weighted by molar-refractivity contribution is 6.03. The van der Waals surface area contributed by atoms with Gasteiger partial charge in [-0.3, -0.25) is 0 Å². The highest BCUT2D eigenvalue weighted by Gasteiger charge is 2.15. The highest BCUT2D eigenvalue weighted by Crippen LogP contribution is 2.33. The molecule has 25 heavy (non-hydrogen) atoms. The molecule has 0 radical (unpaired) electrons. The molecule has 0 amide bonds. The first-order valence-electron chi connectivity index (χ1n) is 7.83. The fraction of sp³-hybridized carbons (Fsp3) is 0.105.